The highest BCUT2D eigenvalue weighted by Crippen LogP contribution is 2.65. The van der Waals surface area contributed by atoms with Gasteiger partial charge in [-0.1, -0.05) is 50.9 Å². The Labute approximate surface area is 242 Å². The zero-order chi connectivity index (χ0) is 29.4. The van der Waals surface area contributed by atoms with Gasteiger partial charge in [0.25, 0.3) is 5.91 Å². The number of hydrogen-bond acceptors (Lipinski definition) is 5. The van der Waals surface area contributed by atoms with Crippen molar-refractivity contribution in [2.24, 2.45) is 17.8 Å². The van der Waals surface area contributed by atoms with Crippen LogP contribution in [0.2, 0.25) is 5.02 Å². The molecule has 0 saturated carbocycles. The molecule has 8 nitrogen and oxygen atoms in total. The molecule has 3 aliphatic rings. The number of aliphatic hydroxyl groups excluding tert-OH is 1. The average Bonchev–Trinajstić information content (AvgIpc) is 3.56. The van der Waals surface area contributed by atoms with Crippen molar-refractivity contribution >= 4 is 35.0 Å². The Morgan fingerprint density at radius 3 is 2.38 bits per heavy atom. The summed E-state index contributed by atoms with van der Waals surface area (Å²) in [5.74, 6) is -2.45. The molecular formula is C31H42ClN3O5. The van der Waals surface area contributed by atoms with Crippen LogP contribution in [0.4, 0.5) is 5.69 Å². The molecular weight excluding hydrogens is 530 g/mol. The van der Waals surface area contributed by atoms with Gasteiger partial charge in [-0.2, -0.15) is 0 Å². The normalized spacial score (nSPS) is 30.1. The minimum absolute atomic E-state index is 0.0854. The quantitative estimate of drug-likeness (QED) is 0.382. The molecule has 3 fully saturated rings. The second-order valence-corrected chi connectivity index (χ2v) is 11.9. The molecule has 2 bridgehead atoms. The highest BCUT2D eigenvalue weighted by atomic mass is 35.5. The van der Waals surface area contributed by atoms with Gasteiger partial charge in [0, 0.05) is 30.8 Å². The van der Waals surface area contributed by atoms with Crippen LogP contribution >= 0.6 is 11.6 Å². The molecule has 3 saturated heterocycles. The molecule has 7 atom stereocenters. The zero-order valence-electron chi connectivity index (χ0n) is 24.0. The SMILES string of the molecule is C=CCN(C)C(=O)[C@H]1[C@H]2C(=O)N([C@@H](CO)[C@@H](C)CC)C(C(=O)N(CC=C)c3ccc(Cl)cc3)C23CC[C@]1(CC)O3. The molecule has 3 heterocycles. The van der Waals surface area contributed by atoms with Crippen LogP contribution in [0.5, 0.6) is 0 Å². The summed E-state index contributed by atoms with van der Waals surface area (Å²) in [5, 5.41) is 11.1. The number of ether oxygens (including phenoxy) is 1. The molecule has 0 aliphatic carbocycles. The van der Waals surface area contributed by atoms with E-state index in [0.717, 1.165) is 0 Å². The minimum Gasteiger partial charge on any atom is -0.394 e. The summed E-state index contributed by atoms with van der Waals surface area (Å²) in [6.45, 7) is 13.8. The van der Waals surface area contributed by atoms with E-state index in [0.29, 0.717) is 42.9 Å². The Kier molecular flexibility index (Phi) is 8.83. The van der Waals surface area contributed by atoms with Gasteiger partial charge in [-0.05, 0) is 49.4 Å². The fourth-order valence-electron chi connectivity index (χ4n) is 7.22. The van der Waals surface area contributed by atoms with Gasteiger partial charge in [-0.15, -0.1) is 13.2 Å². The number of carbonyl (C=O) groups is 3. The van der Waals surface area contributed by atoms with E-state index < -0.39 is 35.1 Å². The maximum absolute atomic E-state index is 14.7. The molecule has 1 aromatic rings. The number of fused-ring (bicyclic) bond motifs is 1. The Balaban J connectivity index is 1.89. The standard InChI is InChI=1S/C31H42ClN3O5/c1-7-17-33(6)27(37)24-25-28(38)35(23(19-36)20(5)9-3)26(31(25)16-15-30(24,10-4)40-31)29(39)34(18-8-2)22-13-11-21(32)12-14-22/h7-8,11-14,20,23-26,36H,1-2,9-10,15-19H2,3-6H3/t20-,23-,24+,25-,26?,30-,31?/m0/s1. The number of halogens is 1. The number of likely N-dealkylation sites (tertiary alicyclic amines) is 1. The molecule has 0 radical (unpaired) electrons. The van der Waals surface area contributed by atoms with Crippen LogP contribution < -0.4 is 4.90 Å². The number of hydrogen-bond donors (Lipinski definition) is 1. The predicted octanol–water partition coefficient (Wildman–Crippen LogP) is 4.07. The molecule has 1 N–H and O–H groups in total. The van der Waals surface area contributed by atoms with Crippen molar-refractivity contribution in [2.45, 2.75) is 69.7 Å². The van der Waals surface area contributed by atoms with E-state index in [1.54, 1.807) is 58.2 Å². The molecule has 40 heavy (non-hydrogen) atoms. The van der Waals surface area contributed by atoms with Crippen molar-refractivity contribution < 1.29 is 24.2 Å². The first-order valence-electron chi connectivity index (χ1n) is 14.2. The molecule has 4 rings (SSSR count). The number of carbonyl (C=O) groups excluding carboxylic acids is 3. The lowest BCUT2D eigenvalue weighted by Crippen LogP contribution is -2.60. The fourth-order valence-corrected chi connectivity index (χ4v) is 7.35. The lowest BCUT2D eigenvalue weighted by molar-refractivity contribution is -0.154. The van der Waals surface area contributed by atoms with Crippen LogP contribution in [0.15, 0.2) is 49.6 Å². The summed E-state index contributed by atoms with van der Waals surface area (Å²) in [4.78, 5) is 47.9. The van der Waals surface area contributed by atoms with E-state index in [-0.39, 0.29) is 36.8 Å². The molecule has 1 spiro atoms. The van der Waals surface area contributed by atoms with Crippen LogP contribution in [0.3, 0.4) is 0 Å². The molecule has 3 aliphatic heterocycles. The summed E-state index contributed by atoms with van der Waals surface area (Å²) in [6, 6.07) is 5.32. The zero-order valence-corrected chi connectivity index (χ0v) is 24.8. The Morgan fingerprint density at radius 1 is 1.18 bits per heavy atom. The van der Waals surface area contributed by atoms with Crippen LogP contribution in [0, 0.1) is 17.8 Å². The smallest absolute Gasteiger partial charge is 0.253 e. The first kappa shape index (κ1) is 30.3. The summed E-state index contributed by atoms with van der Waals surface area (Å²) in [7, 11) is 1.70. The van der Waals surface area contributed by atoms with E-state index in [2.05, 4.69) is 13.2 Å². The van der Waals surface area contributed by atoms with Gasteiger partial charge in [-0.3, -0.25) is 14.4 Å². The van der Waals surface area contributed by atoms with Crippen LogP contribution in [-0.2, 0) is 19.1 Å². The average molecular weight is 572 g/mol. The summed E-state index contributed by atoms with van der Waals surface area (Å²) < 4.78 is 6.90. The number of benzene rings is 1. The topological polar surface area (TPSA) is 90.4 Å². The van der Waals surface area contributed by atoms with Crippen molar-refractivity contribution in [1.29, 1.82) is 0 Å². The Hall–Kier alpha value is -2.68. The monoisotopic (exact) mass is 571 g/mol. The number of likely N-dealkylation sites (N-methyl/N-ethyl adjacent to an activating group) is 1. The molecule has 0 aromatic heterocycles. The Morgan fingerprint density at radius 2 is 1.82 bits per heavy atom. The predicted molar refractivity (Wildman–Crippen MR) is 156 cm³/mol. The summed E-state index contributed by atoms with van der Waals surface area (Å²) >= 11 is 6.14. The Bertz CT molecular complexity index is 1160. The molecule has 3 amide bonds. The second kappa shape index (κ2) is 11.7. The number of anilines is 1. The minimum atomic E-state index is -1.19. The molecule has 218 valence electrons. The van der Waals surface area contributed by atoms with Gasteiger partial charge in [0.1, 0.15) is 11.6 Å². The molecule has 2 unspecified atom stereocenters. The van der Waals surface area contributed by atoms with Gasteiger partial charge < -0.3 is 24.5 Å². The first-order valence-corrected chi connectivity index (χ1v) is 14.6. The largest absolute Gasteiger partial charge is 0.394 e. The van der Waals surface area contributed by atoms with Crippen molar-refractivity contribution in [2.75, 3.05) is 31.6 Å². The van der Waals surface area contributed by atoms with Crippen LogP contribution in [-0.4, -0.2) is 82.7 Å². The van der Waals surface area contributed by atoms with Gasteiger partial charge >= 0.3 is 0 Å². The van der Waals surface area contributed by atoms with Crippen LogP contribution in [0.1, 0.15) is 46.5 Å². The van der Waals surface area contributed by atoms with Crippen molar-refractivity contribution in [3.8, 4) is 0 Å². The van der Waals surface area contributed by atoms with Gasteiger partial charge in [0.05, 0.1) is 30.1 Å². The van der Waals surface area contributed by atoms with E-state index >= 15 is 0 Å². The second-order valence-electron chi connectivity index (χ2n) is 11.4. The number of nitrogens with zero attached hydrogens (tertiary/aromatic N) is 3. The van der Waals surface area contributed by atoms with Gasteiger partial charge in [-0.25, -0.2) is 0 Å². The maximum Gasteiger partial charge on any atom is 0.253 e. The van der Waals surface area contributed by atoms with E-state index in [1.165, 1.54) is 0 Å². The third-order valence-corrected chi connectivity index (χ3v) is 9.71. The lowest BCUT2D eigenvalue weighted by atomic mass is 9.64. The van der Waals surface area contributed by atoms with Crippen molar-refractivity contribution in [3.05, 3.63) is 54.6 Å². The summed E-state index contributed by atoms with van der Waals surface area (Å²) in [6.07, 6.45) is 5.57. The third kappa shape index (κ3) is 4.58. The van der Waals surface area contributed by atoms with E-state index in [4.69, 9.17) is 16.3 Å². The maximum atomic E-state index is 14.7. The lowest BCUT2D eigenvalue weighted by Gasteiger charge is -2.41. The number of rotatable bonds is 12. The molecule has 1 aromatic carbocycles. The number of amides is 3. The van der Waals surface area contributed by atoms with Crippen molar-refractivity contribution in [1.82, 2.24) is 9.80 Å². The highest BCUT2D eigenvalue weighted by Gasteiger charge is 2.79. The summed E-state index contributed by atoms with van der Waals surface area (Å²) in [5.41, 5.74) is -1.42. The first-order chi connectivity index (χ1) is 19.1. The number of aliphatic hydroxyl groups is 1. The van der Waals surface area contributed by atoms with E-state index in [1.807, 2.05) is 20.8 Å². The van der Waals surface area contributed by atoms with E-state index in [9.17, 15) is 19.5 Å². The van der Waals surface area contributed by atoms with Crippen molar-refractivity contribution in [3.63, 3.8) is 0 Å². The fraction of sp³-hybridized carbons (Fsp3) is 0.581. The molecule has 9 heteroatoms. The third-order valence-electron chi connectivity index (χ3n) is 9.46. The van der Waals surface area contributed by atoms with Gasteiger partial charge in [0.2, 0.25) is 11.8 Å². The highest BCUT2D eigenvalue weighted by molar-refractivity contribution is 6.30. The van der Waals surface area contributed by atoms with Gasteiger partial charge in [0.15, 0.2) is 0 Å². The van der Waals surface area contributed by atoms with Crippen LogP contribution in [0.25, 0.3) is 0 Å².